The molecule has 0 atom stereocenters. The first kappa shape index (κ1) is 20.9. The number of thioether (sulfide) groups is 1. The Labute approximate surface area is 171 Å². The van der Waals surface area contributed by atoms with Gasteiger partial charge in [0.05, 0.1) is 17.7 Å². The second-order valence-electron chi connectivity index (χ2n) is 7.39. The SMILES string of the molecule is Cc1nc(SCC(=O)c2ccc(NS(C)(=O)=O)cc2)n(C2CCCCC2)c1C. The fraction of sp³-hybridized carbons (Fsp3) is 0.500. The van der Waals surface area contributed by atoms with Crippen molar-refractivity contribution in [2.45, 2.75) is 57.1 Å². The van der Waals surface area contributed by atoms with Gasteiger partial charge in [0, 0.05) is 23.0 Å². The number of benzene rings is 1. The lowest BCUT2D eigenvalue weighted by molar-refractivity contribution is 0.102. The minimum atomic E-state index is -3.32. The Morgan fingerprint density at radius 3 is 2.43 bits per heavy atom. The third kappa shape index (κ3) is 5.17. The van der Waals surface area contributed by atoms with Gasteiger partial charge in [0.1, 0.15) is 0 Å². The molecule has 1 heterocycles. The fourth-order valence-corrected chi connectivity index (χ4v) is 5.24. The summed E-state index contributed by atoms with van der Waals surface area (Å²) in [5, 5.41) is 0.922. The van der Waals surface area contributed by atoms with Crippen LogP contribution in [0.25, 0.3) is 0 Å². The smallest absolute Gasteiger partial charge is 0.229 e. The Bertz CT molecular complexity index is 944. The number of carbonyl (C=O) groups excluding carboxylic acids is 1. The highest BCUT2D eigenvalue weighted by molar-refractivity contribution is 7.99. The molecular formula is C20H27N3O3S2. The number of nitrogens with one attached hydrogen (secondary N) is 1. The van der Waals surface area contributed by atoms with Gasteiger partial charge in [-0.05, 0) is 51.0 Å². The lowest BCUT2D eigenvalue weighted by atomic mass is 9.95. The number of carbonyl (C=O) groups is 1. The summed E-state index contributed by atoms with van der Waals surface area (Å²) in [4.78, 5) is 17.3. The standard InChI is InChI=1S/C20H27N3O3S2/c1-14-15(2)23(18-7-5-4-6-8-18)20(21-14)27-13-19(24)16-9-11-17(12-10-16)22-28(3,25)26/h9-12,18,22H,4-8,13H2,1-3H3. The lowest BCUT2D eigenvalue weighted by Gasteiger charge is -2.26. The van der Waals surface area contributed by atoms with Crippen LogP contribution in [0, 0.1) is 13.8 Å². The van der Waals surface area contributed by atoms with Crippen molar-refractivity contribution in [1.82, 2.24) is 9.55 Å². The third-order valence-electron chi connectivity index (χ3n) is 5.14. The van der Waals surface area contributed by atoms with E-state index in [1.807, 2.05) is 6.92 Å². The number of ketones is 1. The molecule has 1 aromatic carbocycles. The van der Waals surface area contributed by atoms with Gasteiger partial charge >= 0.3 is 0 Å². The van der Waals surface area contributed by atoms with Crippen LogP contribution in [0.1, 0.15) is 59.9 Å². The van der Waals surface area contributed by atoms with Gasteiger partial charge in [-0.15, -0.1) is 0 Å². The van der Waals surface area contributed by atoms with Crippen molar-refractivity contribution in [1.29, 1.82) is 0 Å². The molecular weight excluding hydrogens is 394 g/mol. The predicted octanol–water partition coefficient (Wildman–Crippen LogP) is 4.35. The topological polar surface area (TPSA) is 81.1 Å². The molecule has 0 aliphatic heterocycles. The quantitative estimate of drug-likeness (QED) is 0.531. The van der Waals surface area contributed by atoms with Crippen molar-refractivity contribution in [3.05, 3.63) is 41.2 Å². The van der Waals surface area contributed by atoms with Crippen LogP contribution in [0.5, 0.6) is 0 Å². The van der Waals surface area contributed by atoms with Crippen LogP contribution in [0.3, 0.4) is 0 Å². The molecule has 28 heavy (non-hydrogen) atoms. The first-order valence-corrected chi connectivity index (χ1v) is 12.4. The molecule has 0 amide bonds. The average Bonchev–Trinajstić information content (AvgIpc) is 2.94. The van der Waals surface area contributed by atoms with Crippen LogP contribution >= 0.6 is 11.8 Å². The molecule has 0 bridgehead atoms. The van der Waals surface area contributed by atoms with Crippen LogP contribution < -0.4 is 4.72 Å². The van der Waals surface area contributed by atoms with Crippen molar-refractivity contribution in [3.8, 4) is 0 Å². The van der Waals surface area contributed by atoms with E-state index in [0.717, 1.165) is 17.1 Å². The van der Waals surface area contributed by atoms with Gasteiger partial charge in [-0.25, -0.2) is 13.4 Å². The number of nitrogens with zero attached hydrogens (tertiary/aromatic N) is 2. The lowest BCUT2D eigenvalue weighted by Crippen LogP contribution is -2.15. The zero-order valence-corrected chi connectivity index (χ0v) is 18.2. The van der Waals surface area contributed by atoms with E-state index in [1.165, 1.54) is 49.6 Å². The van der Waals surface area contributed by atoms with E-state index < -0.39 is 10.0 Å². The van der Waals surface area contributed by atoms with Crippen LogP contribution in [-0.2, 0) is 10.0 Å². The maximum Gasteiger partial charge on any atom is 0.229 e. The van der Waals surface area contributed by atoms with Crippen LogP contribution in [0.2, 0.25) is 0 Å². The molecule has 1 aliphatic rings. The molecule has 1 aromatic heterocycles. The highest BCUT2D eigenvalue weighted by atomic mass is 32.2. The van der Waals surface area contributed by atoms with Crippen molar-refractivity contribution >= 4 is 33.3 Å². The molecule has 0 spiro atoms. The number of imidazole rings is 1. The number of aryl methyl sites for hydroxylation is 1. The van der Waals surface area contributed by atoms with E-state index in [4.69, 9.17) is 4.98 Å². The zero-order valence-electron chi connectivity index (χ0n) is 16.6. The summed E-state index contributed by atoms with van der Waals surface area (Å²) < 4.78 is 27.3. The van der Waals surface area contributed by atoms with E-state index in [-0.39, 0.29) is 5.78 Å². The molecule has 152 valence electrons. The molecule has 3 rings (SSSR count). The first-order chi connectivity index (χ1) is 13.2. The van der Waals surface area contributed by atoms with E-state index in [2.05, 4.69) is 16.2 Å². The molecule has 0 radical (unpaired) electrons. The maximum atomic E-state index is 12.6. The van der Waals surface area contributed by atoms with E-state index in [9.17, 15) is 13.2 Å². The Morgan fingerprint density at radius 2 is 1.82 bits per heavy atom. The summed E-state index contributed by atoms with van der Waals surface area (Å²) in [6.45, 7) is 4.13. The van der Waals surface area contributed by atoms with Crippen molar-refractivity contribution in [3.63, 3.8) is 0 Å². The average molecular weight is 422 g/mol. The minimum Gasteiger partial charge on any atom is -0.320 e. The molecule has 1 fully saturated rings. The number of sulfonamides is 1. The molecule has 1 saturated carbocycles. The monoisotopic (exact) mass is 421 g/mol. The zero-order chi connectivity index (χ0) is 20.3. The summed E-state index contributed by atoms with van der Waals surface area (Å²) in [5.74, 6) is 0.311. The van der Waals surface area contributed by atoms with Crippen LogP contribution in [0.4, 0.5) is 5.69 Å². The summed E-state index contributed by atoms with van der Waals surface area (Å²) in [5.41, 5.74) is 3.23. The fourth-order valence-electron chi connectivity index (χ4n) is 3.62. The molecule has 2 aromatic rings. The van der Waals surface area contributed by atoms with E-state index in [1.54, 1.807) is 24.3 Å². The van der Waals surface area contributed by atoms with Gasteiger partial charge in [0.2, 0.25) is 10.0 Å². The minimum absolute atomic E-state index is 0.00408. The Morgan fingerprint density at radius 1 is 1.18 bits per heavy atom. The summed E-state index contributed by atoms with van der Waals surface area (Å²) in [6.07, 6.45) is 7.24. The van der Waals surface area contributed by atoms with Crippen molar-refractivity contribution in [2.24, 2.45) is 0 Å². The van der Waals surface area contributed by atoms with Crippen LogP contribution in [-0.4, -0.2) is 35.8 Å². The molecule has 1 N–H and O–H groups in total. The first-order valence-electron chi connectivity index (χ1n) is 9.54. The van der Waals surface area contributed by atoms with Gasteiger partial charge in [0.15, 0.2) is 10.9 Å². The van der Waals surface area contributed by atoms with E-state index in [0.29, 0.717) is 23.0 Å². The normalized spacial score (nSPS) is 15.5. The largest absolute Gasteiger partial charge is 0.320 e. The van der Waals surface area contributed by atoms with Crippen molar-refractivity contribution < 1.29 is 13.2 Å². The second-order valence-corrected chi connectivity index (χ2v) is 10.1. The van der Waals surface area contributed by atoms with Gasteiger partial charge in [0.25, 0.3) is 0 Å². The number of aromatic nitrogens is 2. The highest BCUT2D eigenvalue weighted by Gasteiger charge is 2.22. The molecule has 0 unspecified atom stereocenters. The Kier molecular flexibility index (Phi) is 6.50. The maximum absolute atomic E-state index is 12.6. The number of rotatable bonds is 7. The van der Waals surface area contributed by atoms with Gasteiger partial charge in [-0.2, -0.15) is 0 Å². The highest BCUT2D eigenvalue weighted by Crippen LogP contribution is 2.34. The van der Waals surface area contributed by atoms with Crippen molar-refractivity contribution in [2.75, 3.05) is 16.7 Å². The summed E-state index contributed by atoms with van der Waals surface area (Å²) in [7, 11) is -3.32. The molecule has 1 aliphatic carbocycles. The number of anilines is 1. The molecule has 0 saturated heterocycles. The summed E-state index contributed by atoms with van der Waals surface area (Å²) in [6, 6.07) is 7.00. The second kappa shape index (κ2) is 8.69. The molecule has 8 heteroatoms. The summed E-state index contributed by atoms with van der Waals surface area (Å²) >= 11 is 1.48. The molecule has 6 nitrogen and oxygen atoms in total. The Hall–Kier alpha value is -1.80. The number of hydrogen-bond acceptors (Lipinski definition) is 5. The number of Topliss-reactive ketones (excluding diaryl/α,β-unsaturated/α-hetero) is 1. The predicted molar refractivity (Wildman–Crippen MR) is 114 cm³/mol. The van der Waals surface area contributed by atoms with Crippen LogP contribution in [0.15, 0.2) is 29.4 Å². The van der Waals surface area contributed by atoms with Gasteiger partial charge in [-0.1, -0.05) is 31.0 Å². The van der Waals surface area contributed by atoms with Gasteiger partial charge in [-0.3, -0.25) is 9.52 Å². The third-order valence-corrected chi connectivity index (χ3v) is 6.70. The Balaban J connectivity index is 1.68. The van der Waals surface area contributed by atoms with Gasteiger partial charge < -0.3 is 4.57 Å². The van der Waals surface area contributed by atoms with E-state index >= 15 is 0 Å². The number of hydrogen-bond donors (Lipinski definition) is 1.